The highest BCUT2D eigenvalue weighted by Crippen LogP contribution is 2.32. The third-order valence-electron chi connectivity index (χ3n) is 2.71. The third kappa shape index (κ3) is 1.43. The number of rotatable bonds is 3. The molecule has 0 aliphatic heterocycles. The minimum absolute atomic E-state index is 0.613. The second-order valence-electron chi connectivity index (χ2n) is 3.51. The van der Waals surface area contributed by atoms with Crippen molar-refractivity contribution in [3.8, 4) is 11.5 Å². The van der Waals surface area contributed by atoms with Crippen LogP contribution in [0.3, 0.4) is 0 Å². The average molecular weight is 219 g/mol. The van der Waals surface area contributed by atoms with E-state index in [0.717, 1.165) is 17.2 Å². The summed E-state index contributed by atoms with van der Waals surface area (Å²) >= 11 is 0. The van der Waals surface area contributed by atoms with E-state index in [1.54, 1.807) is 26.4 Å². The number of hydrogen-bond donors (Lipinski definition) is 0. The van der Waals surface area contributed by atoms with Crippen LogP contribution in [0.2, 0.25) is 0 Å². The van der Waals surface area contributed by atoms with Crippen LogP contribution in [-0.4, -0.2) is 25.1 Å². The van der Waals surface area contributed by atoms with E-state index >= 15 is 0 Å². The molecule has 4 nitrogen and oxygen atoms in total. The van der Waals surface area contributed by atoms with Gasteiger partial charge in [-0.3, -0.25) is 4.79 Å². The molecule has 0 bridgehead atoms. The lowest BCUT2D eigenvalue weighted by Crippen LogP contribution is -1.94. The quantitative estimate of drug-likeness (QED) is 0.741. The predicted octanol–water partition coefficient (Wildman–Crippen LogP) is 2.01. The van der Waals surface area contributed by atoms with E-state index in [9.17, 15) is 4.79 Å². The summed E-state index contributed by atoms with van der Waals surface area (Å²) in [6.07, 6.45) is 0.825. The first-order valence-corrected chi connectivity index (χ1v) is 4.88. The van der Waals surface area contributed by atoms with Crippen molar-refractivity contribution in [2.75, 3.05) is 14.2 Å². The Labute approximate surface area is 93.4 Å². The first-order chi connectivity index (χ1) is 7.71. The van der Waals surface area contributed by atoms with Crippen LogP contribution in [0.4, 0.5) is 0 Å². The summed E-state index contributed by atoms with van der Waals surface area (Å²) in [4.78, 5) is 10.9. The Bertz CT molecular complexity index is 543. The summed E-state index contributed by atoms with van der Waals surface area (Å²) in [6.45, 7) is 0. The molecule has 16 heavy (non-hydrogen) atoms. The van der Waals surface area contributed by atoms with Gasteiger partial charge in [0.2, 0.25) is 0 Å². The van der Waals surface area contributed by atoms with Crippen molar-refractivity contribution in [3.63, 3.8) is 0 Å². The summed E-state index contributed by atoms with van der Waals surface area (Å²) in [7, 11) is 5.04. The molecule has 0 saturated heterocycles. The van der Waals surface area contributed by atoms with Crippen LogP contribution >= 0.6 is 0 Å². The fourth-order valence-electron chi connectivity index (χ4n) is 1.79. The summed E-state index contributed by atoms with van der Waals surface area (Å²) in [5.41, 5.74) is 1.53. The van der Waals surface area contributed by atoms with Crippen molar-refractivity contribution in [3.05, 3.63) is 23.9 Å². The molecule has 0 radical (unpaired) electrons. The van der Waals surface area contributed by atoms with Gasteiger partial charge in [0.05, 0.1) is 25.4 Å². The normalized spacial score (nSPS) is 10.4. The summed E-state index contributed by atoms with van der Waals surface area (Å²) in [5.74, 6) is 1.42. The molecule has 1 aromatic carbocycles. The fourth-order valence-corrected chi connectivity index (χ4v) is 1.79. The number of carbonyl (C=O) groups is 1. The first kappa shape index (κ1) is 10.5. The van der Waals surface area contributed by atoms with E-state index in [1.165, 1.54) is 0 Å². The Morgan fingerprint density at radius 2 is 1.94 bits per heavy atom. The molecule has 0 fully saturated rings. The lowest BCUT2D eigenvalue weighted by atomic mass is 10.2. The predicted molar refractivity (Wildman–Crippen MR) is 61.4 cm³/mol. The zero-order valence-electron chi connectivity index (χ0n) is 9.48. The van der Waals surface area contributed by atoms with E-state index < -0.39 is 0 Å². The minimum Gasteiger partial charge on any atom is -0.497 e. The van der Waals surface area contributed by atoms with Gasteiger partial charge in [-0.05, 0) is 6.07 Å². The number of fused-ring (bicyclic) bond motifs is 1. The number of methoxy groups -OCH3 is 2. The number of aromatic nitrogens is 1. The van der Waals surface area contributed by atoms with Gasteiger partial charge in [-0.1, -0.05) is 0 Å². The van der Waals surface area contributed by atoms with Crippen molar-refractivity contribution in [1.82, 2.24) is 4.57 Å². The smallest absolute Gasteiger partial charge is 0.166 e. The minimum atomic E-state index is 0.613. The second-order valence-corrected chi connectivity index (χ2v) is 3.51. The zero-order chi connectivity index (χ0) is 11.7. The molecule has 1 heterocycles. The molecule has 84 valence electrons. The Hall–Kier alpha value is -1.97. The molecule has 0 spiro atoms. The summed E-state index contributed by atoms with van der Waals surface area (Å²) in [5, 5.41) is 0.910. The van der Waals surface area contributed by atoms with Crippen LogP contribution in [0.5, 0.6) is 11.5 Å². The second kappa shape index (κ2) is 3.89. The average Bonchev–Trinajstić information content (AvgIpc) is 2.65. The molecule has 0 unspecified atom stereocenters. The van der Waals surface area contributed by atoms with Crippen molar-refractivity contribution >= 4 is 17.2 Å². The van der Waals surface area contributed by atoms with E-state index in [0.29, 0.717) is 17.2 Å². The number of aldehydes is 1. The topological polar surface area (TPSA) is 40.5 Å². The van der Waals surface area contributed by atoms with Crippen molar-refractivity contribution in [1.29, 1.82) is 0 Å². The Morgan fingerprint density at radius 3 is 2.50 bits per heavy atom. The molecule has 2 aromatic rings. The number of ether oxygens (including phenoxy) is 2. The van der Waals surface area contributed by atoms with Crippen LogP contribution in [-0.2, 0) is 7.05 Å². The van der Waals surface area contributed by atoms with E-state index in [1.807, 2.05) is 17.7 Å². The van der Waals surface area contributed by atoms with Crippen molar-refractivity contribution < 1.29 is 14.3 Å². The largest absolute Gasteiger partial charge is 0.497 e. The highest BCUT2D eigenvalue weighted by atomic mass is 16.5. The van der Waals surface area contributed by atoms with Gasteiger partial charge in [-0.15, -0.1) is 0 Å². The lowest BCUT2D eigenvalue weighted by Gasteiger charge is -2.06. The monoisotopic (exact) mass is 219 g/mol. The highest BCUT2D eigenvalue weighted by Gasteiger charge is 2.11. The Balaban J connectivity index is 2.81. The van der Waals surface area contributed by atoms with Crippen LogP contribution < -0.4 is 9.47 Å². The lowest BCUT2D eigenvalue weighted by molar-refractivity contribution is 0.111. The maximum absolute atomic E-state index is 10.9. The standard InChI is InChI=1S/C12H13NO3/c1-13-8(7-14)4-10-11(13)5-9(15-2)6-12(10)16-3/h4-7H,1-3H3. The molecular weight excluding hydrogens is 206 g/mol. The van der Waals surface area contributed by atoms with Crippen LogP contribution in [0.25, 0.3) is 10.9 Å². The fraction of sp³-hybridized carbons (Fsp3) is 0.250. The molecule has 0 saturated carbocycles. The Morgan fingerprint density at radius 1 is 1.19 bits per heavy atom. The molecule has 1 aromatic heterocycles. The number of nitrogens with zero attached hydrogens (tertiary/aromatic N) is 1. The molecule has 0 amide bonds. The molecule has 0 atom stereocenters. The molecule has 0 aliphatic rings. The van der Waals surface area contributed by atoms with Gasteiger partial charge < -0.3 is 14.0 Å². The van der Waals surface area contributed by atoms with E-state index in [4.69, 9.17) is 9.47 Å². The van der Waals surface area contributed by atoms with Gasteiger partial charge in [0.1, 0.15) is 11.5 Å². The number of hydrogen-bond acceptors (Lipinski definition) is 3. The third-order valence-corrected chi connectivity index (χ3v) is 2.71. The van der Waals surface area contributed by atoms with Gasteiger partial charge in [-0.25, -0.2) is 0 Å². The number of benzene rings is 1. The highest BCUT2D eigenvalue weighted by molar-refractivity contribution is 5.93. The van der Waals surface area contributed by atoms with Crippen molar-refractivity contribution in [2.24, 2.45) is 7.05 Å². The van der Waals surface area contributed by atoms with Crippen LogP contribution in [0.1, 0.15) is 10.5 Å². The first-order valence-electron chi connectivity index (χ1n) is 4.88. The van der Waals surface area contributed by atoms with Gasteiger partial charge >= 0.3 is 0 Å². The molecule has 0 N–H and O–H groups in total. The van der Waals surface area contributed by atoms with Gasteiger partial charge in [0.25, 0.3) is 0 Å². The van der Waals surface area contributed by atoms with Crippen LogP contribution in [0.15, 0.2) is 18.2 Å². The molecule has 0 aliphatic carbocycles. The maximum Gasteiger partial charge on any atom is 0.166 e. The molecular formula is C12H13NO3. The summed E-state index contributed by atoms with van der Waals surface area (Å²) < 4.78 is 12.3. The van der Waals surface area contributed by atoms with Gasteiger partial charge in [-0.2, -0.15) is 0 Å². The maximum atomic E-state index is 10.9. The summed E-state index contributed by atoms with van der Waals surface area (Å²) in [6, 6.07) is 5.49. The van der Waals surface area contributed by atoms with Crippen molar-refractivity contribution in [2.45, 2.75) is 0 Å². The van der Waals surface area contributed by atoms with E-state index in [2.05, 4.69) is 0 Å². The zero-order valence-corrected chi connectivity index (χ0v) is 9.48. The number of carbonyl (C=O) groups excluding carboxylic acids is 1. The van der Waals surface area contributed by atoms with Gasteiger partial charge in [0, 0.05) is 24.6 Å². The van der Waals surface area contributed by atoms with E-state index in [-0.39, 0.29) is 0 Å². The molecule has 4 heteroatoms. The SMILES string of the molecule is COc1cc(OC)c2cc(C=O)n(C)c2c1. The number of aryl methyl sites for hydroxylation is 1. The Kier molecular flexibility index (Phi) is 2.56. The molecule has 2 rings (SSSR count). The van der Waals surface area contributed by atoms with Gasteiger partial charge in [0.15, 0.2) is 6.29 Å². The van der Waals surface area contributed by atoms with Crippen LogP contribution in [0, 0.1) is 0 Å².